The van der Waals surface area contributed by atoms with Gasteiger partial charge in [0.2, 0.25) is 11.8 Å². The standard InChI is InChI=1S/C22H19N3O3S/c1-15(26)17-8-10-18(11-9-17)23-21(28)13-12-19-14-29-22(24-19)25(16(2)27)20-6-4-3-5-7-20/h3-14H,1-2H3,(H,23,28). The van der Waals surface area contributed by atoms with Crippen molar-refractivity contribution >= 4 is 51.5 Å². The van der Waals surface area contributed by atoms with Gasteiger partial charge in [0, 0.05) is 29.6 Å². The molecular formula is C22H19N3O3S. The van der Waals surface area contributed by atoms with E-state index in [9.17, 15) is 14.4 Å². The summed E-state index contributed by atoms with van der Waals surface area (Å²) in [6.45, 7) is 2.97. The number of ketones is 1. The van der Waals surface area contributed by atoms with E-state index >= 15 is 0 Å². The Morgan fingerprint density at radius 1 is 1.00 bits per heavy atom. The monoisotopic (exact) mass is 405 g/mol. The topological polar surface area (TPSA) is 79.4 Å². The summed E-state index contributed by atoms with van der Waals surface area (Å²) in [6.07, 6.45) is 2.96. The van der Waals surface area contributed by atoms with Crippen LogP contribution >= 0.6 is 11.3 Å². The van der Waals surface area contributed by atoms with Crippen LogP contribution in [0, 0.1) is 0 Å². The molecule has 0 radical (unpaired) electrons. The number of benzene rings is 2. The zero-order chi connectivity index (χ0) is 20.8. The minimum Gasteiger partial charge on any atom is -0.323 e. The first kappa shape index (κ1) is 20.2. The lowest BCUT2D eigenvalue weighted by atomic mass is 10.1. The fourth-order valence-corrected chi connectivity index (χ4v) is 3.45. The van der Waals surface area contributed by atoms with Gasteiger partial charge in [-0.05, 0) is 49.4 Å². The van der Waals surface area contributed by atoms with Crippen LogP contribution in [0.3, 0.4) is 0 Å². The molecular weight excluding hydrogens is 386 g/mol. The van der Waals surface area contributed by atoms with Gasteiger partial charge in [-0.1, -0.05) is 18.2 Å². The maximum Gasteiger partial charge on any atom is 0.248 e. The molecule has 1 N–H and O–H groups in total. The average Bonchev–Trinajstić information content (AvgIpc) is 3.16. The highest BCUT2D eigenvalue weighted by atomic mass is 32.1. The van der Waals surface area contributed by atoms with Crippen LogP contribution in [0.1, 0.15) is 29.9 Å². The van der Waals surface area contributed by atoms with E-state index < -0.39 is 0 Å². The molecule has 0 aliphatic heterocycles. The molecule has 6 nitrogen and oxygen atoms in total. The van der Waals surface area contributed by atoms with Gasteiger partial charge >= 0.3 is 0 Å². The first-order valence-corrected chi connectivity index (χ1v) is 9.73. The number of carbonyl (C=O) groups is 3. The van der Waals surface area contributed by atoms with Gasteiger partial charge in [0.25, 0.3) is 0 Å². The molecule has 29 heavy (non-hydrogen) atoms. The second kappa shape index (κ2) is 9.07. The number of aromatic nitrogens is 1. The van der Waals surface area contributed by atoms with Crippen LogP contribution < -0.4 is 10.2 Å². The van der Waals surface area contributed by atoms with Gasteiger partial charge in [0.15, 0.2) is 10.9 Å². The molecule has 0 aliphatic carbocycles. The van der Waals surface area contributed by atoms with E-state index in [1.807, 2.05) is 30.3 Å². The number of rotatable bonds is 6. The number of carbonyl (C=O) groups excluding carboxylic acids is 3. The van der Waals surface area contributed by atoms with E-state index in [4.69, 9.17) is 0 Å². The molecule has 0 fully saturated rings. The number of hydrogen-bond donors (Lipinski definition) is 1. The van der Waals surface area contributed by atoms with E-state index in [0.29, 0.717) is 22.1 Å². The summed E-state index contributed by atoms with van der Waals surface area (Å²) in [4.78, 5) is 41.5. The Bertz CT molecular complexity index is 1060. The summed E-state index contributed by atoms with van der Waals surface area (Å²) < 4.78 is 0. The van der Waals surface area contributed by atoms with Crippen molar-refractivity contribution in [3.05, 3.63) is 77.3 Å². The lowest BCUT2D eigenvalue weighted by molar-refractivity contribution is -0.116. The van der Waals surface area contributed by atoms with Crippen molar-refractivity contribution in [3.63, 3.8) is 0 Å². The Morgan fingerprint density at radius 3 is 2.31 bits per heavy atom. The molecule has 3 aromatic rings. The number of para-hydroxylation sites is 1. The van der Waals surface area contributed by atoms with E-state index in [1.165, 1.54) is 36.2 Å². The van der Waals surface area contributed by atoms with E-state index in [0.717, 1.165) is 5.69 Å². The fraction of sp³-hybridized carbons (Fsp3) is 0.0909. The Morgan fingerprint density at radius 2 is 1.69 bits per heavy atom. The van der Waals surface area contributed by atoms with Crippen LogP contribution in [0.4, 0.5) is 16.5 Å². The molecule has 0 unspecified atom stereocenters. The van der Waals surface area contributed by atoms with Crippen molar-refractivity contribution in [1.29, 1.82) is 0 Å². The molecule has 0 spiro atoms. The number of amides is 2. The molecule has 0 bridgehead atoms. The van der Waals surface area contributed by atoms with Crippen LogP contribution in [0.5, 0.6) is 0 Å². The van der Waals surface area contributed by atoms with Gasteiger partial charge in [-0.3, -0.25) is 19.3 Å². The summed E-state index contributed by atoms with van der Waals surface area (Å²) in [5.41, 5.74) is 2.49. The number of hydrogen-bond acceptors (Lipinski definition) is 5. The molecule has 146 valence electrons. The Kier molecular flexibility index (Phi) is 6.31. The van der Waals surface area contributed by atoms with Crippen molar-refractivity contribution in [2.24, 2.45) is 0 Å². The van der Waals surface area contributed by atoms with Crippen LogP contribution in [-0.2, 0) is 9.59 Å². The van der Waals surface area contributed by atoms with Gasteiger partial charge < -0.3 is 5.32 Å². The van der Waals surface area contributed by atoms with Crippen molar-refractivity contribution < 1.29 is 14.4 Å². The number of Topliss-reactive ketones (excluding diaryl/α,β-unsaturated/α-hetero) is 1. The van der Waals surface area contributed by atoms with Gasteiger partial charge in [0.05, 0.1) is 11.4 Å². The molecule has 1 aromatic heterocycles. The average molecular weight is 405 g/mol. The zero-order valence-electron chi connectivity index (χ0n) is 16.0. The van der Waals surface area contributed by atoms with Crippen molar-refractivity contribution in [2.45, 2.75) is 13.8 Å². The number of nitrogens with one attached hydrogen (secondary N) is 1. The fourth-order valence-electron chi connectivity index (χ4n) is 2.59. The van der Waals surface area contributed by atoms with Crippen molar-refractivity contribution in [1.82, 2.24) is 4.98 Å². The van der Waals surface area contributed by atoms with Gasteiger partial charge in [-0.2, -0.15) is 0 Å². The minimum absolute atomic E-state index is 0.0304. The second-order valence-electron chi connectivity index (χ2n) is 6.20. The molecule has 2 aromatic carbocycles. The molecule has 2 amide bonds. The van der Waals surface area contributed by atoms with Crippen molar-refractivity contribution in [2.75, 3.05) is 10.2 Å². The number of thiazole rings is 1. The SMILES string of the molecule is CC(=O)c1ccc(NC(=O)C=Cc2csc(N(C(C)=O)c3ccccc3)n2)cc1. The second-order valence-corrected chi connectivity index (χ2v) is 7.04. The third-order valence-corrected chi connectivity index (χ3v) is 4.84. The maximum atomic E-state index is 12.1. The molecule has 0 atom stereocenters. The normalized spacial score (nSPS) is 10.7. The molecule has 0 aliphatic rings. The van der Waals surface area contributed by atoms with Crippen molar-refractivity contribution in [3.8, 4) is 0 Å². The van der Waals surface area contributed by atoms with Crippen LogP contribution in [0.15, 0.2) is 66.1 Å². The summed E-state index contributed by atoms with van der Waals surface area (Å²) in [5, 5.41) is 5.03. The molecule has 3 rings (SSSR count). The molecule has 0 saturated carbocycles. The van der Waals surface area contributed by atoms with Gasteiger partial charge in [-0.25, -0.2) is 4.98 Å². The molecule has 0 saturated heterocycles. The van der Waals surface area contributed by atoms with Gasteiger partial charge in [0.1, 0.15) is 0 Å². The van der Waals surface area contributed by atoms with E-state index in [2.05, 4.69) is 10.3 Å². The summed E-state index contributed by atoms with van der Waals surface area (Å²) in [6, 6.07) is 15.9. The highest BCUT2D eigenvalue weighted by Crippen LogP contribution is 2.29. The Labute approximate surface area is 172 Å². The van der Waals surface area contributed by atoms with E-state index in [1.54, 1.807) is 35.7 Å². The highest BCUT2D eigenvalue weighted by Gasteiger charge is 2.17. The number of nitrogens with zero attached hydrogens (tertiary/aromatic N) is 2. The largest absolute Gasteiger partial charge is 0.323 e. The summed E-state index contributed by atoms with van der Waals surface area (Å²) >= 11 is 1.32. The summed E-state index contributed by atoms with van der Waals surface area (Å²) in [7, 11) is 0. The van der Waals surface area contributed by atoms with Crippen LogP contribution in [0.25, 0.3) is 6.08 Å². The third-order valence-electron chi connectivity index (χ3n) is 3.99. The summed E-state index contributed by atoms with van der Waals surface area (Å²) in [5.74, 6) is -0.494. The lowest BCUT2D eigenvalue weighted by Crippen LogP contribution is -2.22. The maximum absolute atomic E-state index is 12.1. The van der Waals surface area contributed by atoms with Crippen LogP contribution in [-0.4, -0.2) is 22.6 Å². The highest BCUT2D eigenvalue weighted by molar-refractivity contribution is 7.14. The van der Waals surface area contributed by atoms with Gasteiger partial charge in [-0.15, -0.1) is 11.3 Å². The van der Waals surface area contributed by atoms with Crippen LogP contribution in [0.2, 0.25) is 0 Å². The zero-order valence-corrected chi connectivity index (χ0v) is 16.8. The Hall–Kier alpha value is -3.58. The number of anilines is 3. The van der Waals surface area contributed by atoms with E-state index in [-0.39, 0.29) is 17.6 Å². The third kappa shape index (κ3) is 5.24. The smallest absolute Gasteiger partial charge is 0.248 e. The lowest BCUT2D eigenvalue weighted by Gasteiger charge is -2.17. The first-order valence-electron chi connectivity index (χ1n) is 8.85. The molecule has 7 heteroatoms. The first-order chi connectivity index (χ1) is 13.9. The minimum atomic E-state index is -0.318. The predicted octanol–water partition coefficient (Wildman–Crippen LogP) is 4.68. The molecule has 1 heterocycles. The predicted molar refractivity (Wildman–Crippen MR) is 115 cm³/mol. The quantitative estimate of drug-likeness (QED) is 0.477. The Balaban J connectivity index is 1.68.